The van der Waals surface area contributed by atoms with Crippen molar-refractivity contribution in [1.29, 1.82) is 0 Å². The van der Waals surface area contributed by atoms with Gasteiger partial charge in [0.25, 0.3) is 0 Å². The van der Waals surface area contributed by atoms with Gasteiger partial charge in [-0.3, -0.25) is 0 Å². The number of nitrogens with zero attached hydrogens (tertiary/aromatic N) is 3. The van der Waals surface area contributed by atoms with Crippen molar-refractivity contribution in [2.24, 2.45) is 0 Å². The molecule has 3 heterocycles. The third kappa shape index (κ3) is 3.68. The highest BCUT2D eigenvalue weighted by molar-refractivity contribution is 5.41. The van der Waals surface area contributed by atoms with Gasteiger partial charge in [0.05, 0.1) is 6.04 Å². The Bertz CT molecular complexity index is 755. The zero-order valence-corrected chi connectivity index (χ0v) is 15.7. The van der Waals surface area contributed by atoms with Gasteiger partial charge in [-0.15, -0.1) is 0 Å². The number of nitrogens with one attached hydrogen (secondary N) is 1. The van der Waals surface area contributed by atoms with Crippen LogP contribution in [0.2, 0.25) is 0 Å². The number of anilines is 1. The molecule has 0 amide bonds. The first-order valence-corrected chi connectivity index (χ1v) is 9.80. The van der Waals surface area contributed by atoms with E-state index >= 15 is 0 Å². The molecule has 1 atom stereocenters. The maximum Gasteiger partial charge on any atom is 0.132 e. The van der Waals surface area contributed by atoms with Crippen LogP contribution in [-0.2, 0) is 6.42 Å². The number of hydrogen-bond acceptors (Lipinski definition) is 5. The largest absolute Gasteiger partial charge is 0.491 e. The summed E-state index contributed by atoms with van der Waals surface area (Å²) in [7, 11) is 0. The molecule has 1 aromatic carbocycles. The Labute approximate surface area is 155 Å². The van der Waals surface area contributed by atoms with Crippen molar-refractivity contribution in [1.82, 2.24) is 15.3 Å². The predicted molar refractivity (Wildman–Crippen MR) is 104 cm³/mol. The molecule has 1 aromatic heterocycles. The van der Waals surface area contributed by atoms with Crippen LogP contribution in [0.15, 0.2) is 30.3 Å². The minimum Gasteiger partial charge on any atom is -0.491 e. The Morgan fingerprint density at radius 2 is 2.00 bits per heavy atom. The molecular formula is C21H28N4O. The van der Waals surface area contributed by atoms with Crippen LogP contribution in [0.3, 0.4) is 0 Å². The number of piperidine rings is 1. The van der Waals surface area contributed by atoms with Crippen LogP contribution in [0.5, 0.6) is 5.75 Å². The van der Waals surface area contributed by atoms with Crippen LogP contribution < -0.4 is 15.0 Å². The number of ether oxygens (including phenoxy) is 1. The summed E-state index contributed by atoms with van der Waals surface area (Å²) in [6.45, 7) is 7.00. The van der Waals surface area contributed by atoms with E-state index in [9.17, 15) is 0 Å². The van der Waals surface area contributed by atoms with Crippen LogP contribution >= 0.6 is 0 Å². The monoisotopic (exact) mass is 352 g/mol. The van der Waals surface area contributed by atoms with Crippen LogP contribution in [0.25, 0.3) is 0 Å². The minimum absolute atomic E-state index is 0.320. The molecule has 1 fully saturated rings. The van der Waals surface area contributed by atoms with Crippen molar-refractivity contribution < 1.29 is 4.74 Å². The summed E-state index contributed by atoms with van der Waals surface area (Å²) in [5.74, 6) is 3.00. The van der Waals surface area contributed by atoms with Crippen molar-refractivity contribution in [3.8, 4) is 5.75 Å². The fraction of sp³-hybridized carbons (Fsp3) is 0.524. The first-order valence-electron chi connectivity index (χ1n) is 9.80. The number of rotatable bonds is 5. The summed E-state index contributed by atoms with van der Waals surface area (Å²) in [5, 5.41) is 3.80. The summed E-state index contributed by atoms with van der Waals surface area (Å²) in [4.78, 5) is 11.6. The van der Waals surface area contributed by atoms with Crippen molar-refractivity contribution in [2.75, 3.05) is 24.6 Å². The third-order valence-corrected chi connectivity index (χ3v) is 5.34. The van der Waals surface area contributed by atoms with Crippen LogP contribution in [0, 0.1) is 6.92 Å². The Kier molecular flexibility index (Phi) is 5.07. The van der Waals surface area contributed by atoms with Gasteiger partial charge in [0.2, 0.25) is 0 Å². The molecule has 0 aliphatic carbocycles. The molecule has 2 aliphatic rings. The lowest BCUT2D eigenvalue weighted by molar-refractivity contribution is 0.284. The fourth-order valence-electron chi connectivity index (χ4n) is 4.02. The van der Waals surface area contributed by atoms with Crippen molar-refractivity contribution >= 4 is 5.82 Å². The summed E-state index contributed by atoms with van der Waals surface area (Å²) >= 11 is 0. The zero-order chi connectivity index (χ0) is 17.9. The lowest BCUT2D eigenvalue weighted by Gasteiger charge is -2.34. The fourth-order valence-corrected chi connectivity index (χ4v) is 4.02. The summed E-state index contributed by atoms with van der Waals surface area (Å²) in [6, 6.07) is 11.4. The van der Waals surface area contributed by atoms with Crippen molar-refractivity contribution in [3.63, 3.8) is 0 Å². The Hall–Kier alpha value is -2.14. The quantitative estimate of drug-likeness (QED) is 0.893. The van der Waals surface area contributed by atoms with E-state index in [1.54, 1.807) is 0 Å². The van der Waals surface area contributed by atoms with E-state index in [2.05, 4.69) is 51.4 Å². The molecule has 1 N–H and O–H groups in total. The summed E-state index contributed by atoms with van der Waals surface area (Å²) < 4.78 is 5.80. The van der Waals surface area contributed by atoms with Gasteiger partial charge in [-0.1, -0.05) is 31.5 Å². The number of hydrogen-bond donors (Lipinski definition) is 1. The van der Waals surface area contributed by atoms with Crippen LogP contribution in [0.1, 0.15) is 49.3 Å². The van der Waals surface area contributed by atoms with Gasteiger partial charge in [-0.05, 0) is 32.3 Å². The molecule has 26 heavy (non-hydrogen) atoms. The number of para-hydroxylation sites is 1. The van der Waals surface area contributed by atoms with E-state index in [1.165, 1.54) is 5.56 Å². The first kappa shape index (κ1) is 17.3. The second-order valence-corrected chi connectivity index (χ2v) is 7.34. The average molecular weight is 352 g/mol. The smallest absolute Gasteiger partial charge is 0.132 e. The summed E-state index contributed by atoms with van der Waals surface area (Å²) in [6.07, 6.45) is 4.40. The molecule has 0 radical (unpaired) electrons. The second kappa shape index (κ2) is 7.62. The van der Waals surface area contributed by atoms with Gasteiger partial charge >= 0.3 is 0 Å². The number of aromatic nitrogens is 2. The maximum atomic E-state index is 5.80. The average Bonchev–Trinajstić information content (AvgIpc) is 3.05. The molecule has 4 rings (SSSR count). The van der Waals surface area contributed by atoms with Gasteiger partial charge < -0.3 is 15.0 Å². The number of aryl methyl sites for hydroxylation is 2. The van der Waals surface area contributed by atoms with Gasteiger partial charge in [-0.2, -0.15) is 0 Å². The molecule has 0 saturated carbocycles. The highest BCUT2D eigenvalue weighted by atomic mass is 16.5. The molecular weight excluding hydrogens is 324 g/mol. The lowest BCUT2D eigenvalue weighted by Crippen LogP contribution is -2.44. The molecule has 1 saturated heterocycles. The Balaban J connectivity index is 1.36. The predicted octanol–water partition coefficient (Wildman–Crippen LogP) is 3.43. The number of benzene rings is 1. The standard InChI is InChI=1S/C21H28N4O/c1-3-6-17-13-21(23-15(2)22-17)25-11-9-16(10-12-25)24-19-14-26-20-8-5-4-7-18(19)20/h4-5,7-8,13,16,19,24H,3,6,9-12,14H2,1-2H3/t19-/m0/s1. The highest BCUT2D eigenvalue weighted by Gasteiger charge is 2.28. The molecule has 0 unspecified atom stereocenters. The second-order valence-electron chi connectivity index (χ2n) is 7.34. The SMILES string of the molecule is CCCc1cc(N2CCC(N[C@H]3COc4ccccc43)CC2)nc(C)n1. The molecule has 2 aliphatic heterocycles. The Morgan fingerprint density at radius 1 is 1.19 bits per heavy atom. The van der Waals surface area contributed by atoms with E-state index < -0.39 is 0 Å². The van der Waals surface area contributed by atoms with Crippen LogP contribution in [-0.4, -0.2) is 35.7 Å². The van der Waals surface area contributed by atoms with Gasteiger partial charge in [0, 0.05) is 36.5 Å². The topological polar surface area (TPSA) is 50.3 Å². The first-order chi connectivity index (χ1) is 12.7. The van der Waals surface area contributed by atoms with Gasteiger partial charge in [0.1, 0.15) is 24.0 Å². The molecule has 5 heteroatoms. The minimum atomic E-state index is 0.320. The molecule has 138 valence electrons. The van der Waals surface area contributed by atoms with Crippen molar-refractivity contribution in [3.05, 3.63) is 47.4 Å². The van der Waals surface area contributed by atoms with E-state index in [0.29, 0.717) is 12.1 Å². The zero-order valence-electron chi connectivity index (χ0n) is 15.7. The molecule has 0 spiro atoms. The molecule has 5 nitrogen and oxygen atoms in total. The van der Waals surface area contributed by atoms with E-state index in [0.717, 1.165) is 68.5 Å². The van der Waals surface area contributed by atoms with E-state index in [-0.39, 0.29) is 0 Å². The lowest BCUT2D eigenvalue weighted by atomic mass is 10.0. The van der Waals surface area contributed by atoms with Crippen LogP contribution in [0.4, 0.5) is 5.82 Å². The third-order valence-electron chi connectivity index (χ3n) is 5.34. The maximum absolute atomic E-state index is 5.80. The Morgan fingerprint density at radius 3 is 2.81 bits per heavy atom. The van der Waals surface area contributed by atoms with E-state index in [1.807, 2.05) is 13.0 Å². The highest BCUT2D eigenvalue weighted by Crippen LogP contribution is 2.32. The van der Waals surface area contributed by atoms with Crippen molar-refractivity contribution in [2.45, 2.75) is 51.6 Å². The normalized spacial score (nSPS) is 20.1. The van der Waals surface area contributed by atoms with E-state index in [4.69, 9.17) is 4.74 Å². The van der Waals surface area contributed by atoms with Gasteiger partial charge in [0.15, 0.2) is 0 Å². The number of fused-ring (bicyclic) bond motifs is 1. The van der Waals surface area contributed by atoms with Gasteiger partial charge in [-0.25, -0.2) is 9.97 Å². The summed E-state index contributed by atoms with van der Waals surface area (Å²) in [5.41, 5.74) is 2.46. The molecule has 0 bridgehead atoms. The molecule has 2 aromatic rings.